The number of benzene rings is 1. The van der Waals surface area contributed by atoms with E-state index in [-0.39, 0.29) is 0 Å². The van der Waals surface area contributed by atoms with E-state index in [9.17, 15) is 0 Å². The number of nitrogens with two attached hydrogens (primary N) is 1. The van der Waals surface area contributed by atoms with Crippen LogP contribution < -0.4 is 11.3 Å². The van der Waals surface area contributed by atoms with E-state index in [1.165, 1.54) is 44.1 Å². The molecule has 0 radical (unpaired) electrons. The Morgan fingerprint density at radius 2 is 1.70 bits per heavy atom. The zero-order valence-corrected chi connectivity index (χ0v) is 12.8. The fourth-order valence-electron chi connectivity index (χ4n) is 3.90. The average molecular weight is 293 g/mol. The molecule has 0 amide bonds. The maximum absolute atomic E-state index is 6.32. The van der Waals surface area contributed by atoms with E-state index in [1.54, 1.807) is 0 Å². The second-order valence-electron chi connectivity index (χ2n) is 6.53. The Bertz CT molecular complexity index is 426. The van der Waals surface area contributed by atoms with Crippen molar-refractivity contribution < 1.29 is 0 Å². The summed E-state index contributed by atoms with van der Waals surface area (Å²) < 4.78 is 0. The van der Waals surface area contributed by atoms with Crippen LogP contribution in [0.4, 0.5) is 0 Å². The van der Waals surface area contributed by atoms with Gasteiger partial charge in [-0.1, -0.05) is 68.3 Å². The van der Waals surface area contributed by atoms with Gasteiger partial charge in [0.2, 0.25) is 0 Å². The smallest absolute Gasteiger partial charge is 0.0438 e. The molecule has 2 aliphatic carbocycles. The van der Waals surface area contributed by atoms with Crippen molar-refractivity contribution in [1.82, 2.24) is 5.43 Å². The van der Waals surface area contributed by atoms with Crippen LogP contribution in [0.5, 0.6) is 0 Å². The van der Waals surface area contributed by atoms with Crippen LogP contribution in [0.2, 0.25) is 5.02 Å². The van der Waals surface area contributed by atoms with Gasteiger partial charge in [0.25, 0.3) is 0 Å². The SMILES string of the molecule is NNC(Cc1ccccc1Cl)C(C1CCC1)C1CCC1. The van der Waals surface area contributed by atoms with Gasteiger partial charge in [0.05, 0.1) is 0 Å². The molecule has 2 fully saturated rings. The molecule has 1 aromatic carbocycles. The minimum Gasteiger partial charge on any atom is -0.271 e. The van der Waals surface area contributed by atoms with E-state index in [2.05, 4.69) is 17.6 Å². The number of hydrogen-bond acceptors (Lipinski definition) is 2. The first kappa shape index (κ1) is 14.4. The maximum Gasteiger partial charge on any atom is 0.0438 e. The van der Waals surface area contributed by atoms with Crippen molar-refractivity contribution in [2.24, 2.45) is 23.6 Å². The van der Waals surface area contributed by atoms with Crippen molar-refractivity contribution in [1.29, 1.82) is 0 Å². The zero-order chi connectivity index (χ0) is 13.9. The van der Waals surface area contributed by atoms with Crippen LogP contribution in [0.15, 0.2) is 24.3 Å². The fourth-order valence-corrected chi connectivity index (χ4v) is 4.11. The highest BCUT2D eigenvalue weighted by atomic mass is 35.5. The van der Waals surface area contributed by atoms with E-state index >= 15 is 0 Å². The topological polar surface area (TPSA) is 38.0 Å². The van der Waals surface area contributed by atoms with Crippen LogP contribution in [-0.2, 0) is 6.42 Å². The third-order valence-corrected chi connectivity index (χ3v) is 5.83. The van der Waals surface area contributed by atoms with Crippen molar-refractivity contribution in [3.63, 3.8) is 0 Å². The van der Waals surface area contributed by atoms with Crippen LogP contribution >= 0.6 is 11.6 Å². The molecule has 110 valence electrons. The first-order valence-electron chi connectivity index (χ1n) is 7.99. The van der Waals surface area contributed by atoms with Gasteiger partial charge in [0.1, 0.15) is 0 Å². The van der Waals surface area contributed by atoms with Gasteiger partial charge in [-0.25, -0.2) is 0 Å². The molecule has 1 unspecified atom stereocenters. The Balaban J connectivity index is 1.74. The number of halogens is 1. The molecule has 2 saturated carbocycles. The molecule has 1 aromatic rings. The second-order valence-corrected chi connectivity index (χ2v) is 6.94. The summed E-state index contributed by atoms with van der Waals surface area (Å²) in [6.45, 7) is 0. The molecule has 3 rings (SSSR count). The monoisotopic (exact) mass is 292 g/mol. The van der Waals surface area contributed by atoms with Crippen LogP contribution in [0.25, 0.3) is 0 Å². The summed E-state index contributed by atoms with van der Waals surface area (Å²) in [4.78, 5) is 0. The summed E-state index contributed by atoms with van der Waals surface area (Å²) in [5.74, 6) is 8.40. The van der Waals surface area contributed by atoms with E-state index in [0.29, 0.717) is 6.04 Å². The summed E-state index contributed by atoms with van der Waals surface area (Å²) in [6, 6.07) is 8.53. The van der Waals surface area contributed by atoms with Crippen LogP contribution in [-0.4, -0.2) is 6.04 Å². The molecule has 0 aliphatic heterocycles. The van der Waals surface area contributed by atoms with Gasteiger partial charge in [-0.15, -0.1) is 0 Å². The lowest BCUT2D eigenvalue weighted by molar-refractivity contribution is 0.0599. The summed E-state index contributed by atoms with van der Waals surface area (Å²) in [5, 5.41) is 0.869. The molecule has 3 N–H and O–H groups in total. The Labute approximate surface area is 127 Å². The van der Waals surface area contributed by atoms with Crippen molar-refractivity contribution in [3.8, 4) is 0 Å². The van der Waals surface area contributed by atoms with Gasteiger partial charge >= 0.3 is 0 Å². The number of nitrogens with one attached hydrogen (secondary N) is 1. The summed E-state index contributed by atoms with van der Waals surface area (Å²) in [5.41, 5.74) is 4.34. The highest BCUT2D eigenvalue weighted by Crippen LogP contribution is 2.46. The number of rotatable bonds is 6. The standard InChI is InChI=1S/C17H25ClN2/c18-15-10-2-1-5-14(15)11-16(20-19)17(12-6-3-7-12)13-8-4-9-13/h1-2,5,10,12-13,16-17,20H,3-4,6-9,11,19H2. The van der Waals surface area contributed by atoms with Gasteiger partial charge < -0.3 is 0 Å². The first-order valence-corrected chi connectivity index (χ1v) is 8.37. The molecule has 0 saturated heterocycles. The normalized spacial score (nSPS) is 21.6. The molecule has 3 heteroatoms. The maximum atomic E-state index is 6.32. The molecule has 0 aromatic heterocycles. The second kappa shape index (κ2) is 6.46. The molecule has 1 atom stereocenters. The minimum absolute atomic E-state index is 0.366. The number of hydrazine groups is 1. The van der Waals surface area contributed by atoms with Gasteiger partial charge in [0.15, 0.2) is 0 Å². The van der Waals surface area contributed by atoms with Gasteiger partial charge in [-0.2, -0.15) is 0 Å². The fraction of sp³-hybridized carbons (Fsp3) is 0.647. The molecular weight excluding hydrogens is 268 g/mol. The Morgan fingerprint density at radius 1 is 1.10 bits per heavy atom. The van der Waals surface area contributed by atoms with Crippen molar-refractivity contribution in [2.75, 3.05) is 0 Å². The summed E-state index contributed by atoms with van der Waals surface area (Å²) >= 11 is 6.32. The lowest BCUT2D eigenvalue weighted by atomic mass is 9.61. The van der Waals surface area contributed by atoms with Gasteiger partial charge in [0, 0.05) is 11.1 Å². The average Bonchev–Trinajstić information content (AvgIpc) is 2.33. The van der Waals surface area contributed by atoms with Crippen molar-refractivity contribution in [3.05, 3.63) is 34.9 Å². The van der Waals surface area contributed by atoms with Crippen LogP contribution in [0.1, 0.15) is 44.1 Å². The largest absolute Gasteiger partial charge is 0.271 e. The van der Waals surface area contributed by atoms with Crippen LogP contribution in [0, 0.1) is 17.8 Å². The van der Waals surface area contributed by atoms with Crippen LogP contribution in [0.3, 0.4) is 0 Å². The third kappa shape index (κ3) is 2.88. The Morgan fingerprint density at radius 3 is 2.15 bits per heavy atom. The highest BCUT2D eigenvalue weighted by Gasteiger charge is 2.40. The first-order chi connectivity index (χ1) is 9.79. The Hall–Kier alpha value is -0.570. The van der Waals surface area contributed by atoms with Crippen molar-refractivity contribution in [2.45, 2.75) is 51.0 Å². The zero-order valence-electron chi connectivity index (χ0n) is 12.0. The molecule has 0 spiro atoms. The predicted molar refractivity (Wildman–Crippen MR) is 84.4 cm³/mol. The lowest BCUT2D eigenvalue weighted by Gasteiger charge is -2.46. The molecule has 2 aliphatic rings. The van der Waals surface area contributed by atoms with Gasteiger partial charge in [-0.3, -0.25) is 11.3 Å². The van der Waals surface area contributed by atoms with Gasteiger partial charge in [-0.05, 0) is 35.8 Å². The van der Waals surface area contributed by atoms with E-state index in [4.69, 9.17) is 17.4 Å². The Kier molecular flexibility index (Phi) is 4.65. The number of hydrogen-bond donors (Lipinski definition) is 2. The summed E-state index contributed by atoms with van der Waals surface area (Å²) in [6.07, 6.45) is 9.32. The van der Waals surface area contributed by atoms with E-state index in [0.717, 1.165) is 29.2 Å². The van der Waals surface area contributed by atoms with E-state index in [1.807, 2.05) is 12.1 Å². The lowest BCUT2D eigenvalue weighted by Crippen LogP contribution is -2.50. The molecular formula is C17H25ClN2. The summed E-state index contributed by atoms with van der Waals surface area (Å²) in [7, 11) is 0. The molecule has 0 heterocycles. The molecule has 2 nitrogen and oxygen atoms in total. The third-order valence-electron chi connectivity index (χ3n) is 5.46. The van der Waals surface area contributed by atoms with E-state index < -0.39 is 0 Å². The molecule has 0 bridgehead atoms. The minimum atomic E-state index is 0.366. The van der Waals surface area contributed by atoms with Crippen molar-refractivity contribution >= 4 is 11.6 Å². The quantitative estimate of drug-likeness (QED) is 0.616. The predicted octanol–water partition coefficient (Wildman–Crippen LogP) is 3.93. The molecule has 20 heavy (non-hydrogen) atoms. The highest BCUT2D eigenvalue weighted by molar-refractivity contribution is 6.31.